The van der Waals surface area contributed by atoms with Crippen molar-refractivity contribution in [3.63, 3.8) is 0 Å². The monoisotopic (exact) mass is 693 g/mol. The Bertz CT molecular complexity index is 2580. The molecule has 0 spiro atoms. The number of rotatable bonds is 8. The Balaban J connectivity index is 1.23. The van der Waals surface area contributed by atoms with Gasteiger partial charge in [0.2, 0.25) is 0 Å². The highest BCUT2D eigenvalue weighted by molar-refractivity contribution is 5.92. The fraction of sp³-hybridized carbons (Fsp3) is 0.0408. The quantitative estimate of drug-likeness (QED) is 0.158. The lowest BCUT2D eigenvalue weighted by Gasteiger charge is -2.19. The van der Waals surface area contributed by atoms with Gasteiger partial charge in [-0.1, -0.05) is 182 Å². The summed E-state index contributed by atoms with van der Waals surface area (Å²) in [6.07, 6.45) is 8.67. The molecule has 0 amide bonds. The van der Waals surface area contributed by atoms with E-state index in [0.29, 0.717) is 17.5 Å². The zero-order valence-electron chi connectivity index (χ0n) is 29.5. The van der Waals surface area contributed by atoms with Crippen molar-refractivity contribution in [1.29, 1.82) is 0 Å². The van der Waals surface area contributed by atoms with Gasteiger partial charge < -0.3 is 0 Å². The highest BCUT2D eigenvalue weighted by Gasteiger charge is 2.22. The number of allylic oxidation sites excluding steroid dienone is 4. The minimum Gasteiger partial charge on any atom is -0.243 e. The molecule has 9 rings (SSSR count). The summed E-state index contributed by atoms with van der Waals surface area (Å²) < 4.78 is 0. The molecule has 6 aromatic carbocycles. The van der Waals surface area contributed by atoms with E-state index in [2.05, 4.69) is 115 Å². The summed E-state index contributed by atoms with van der Waals surface area (Å²) in [6.45, 7) is 0. The van der Waals surface area contributed by atoms with Gasteiger partial charge in [-0.2, -0.15) is 0 Å². The van der Waals surface area contributed by atoms with Crippen molar-refractivity contribution >= 4 is 5.57 Å². The lowest BCUT2D eigenvalue weighted by atomic mass is 9.92. The molecular weight excluding hydrogens is 659 g/mol. The predicted molar refractivity (Wildman–Crippen MR) is 220 cm³/mol. The second-order valence-electron chi connectivity index (χ2n) is 13.2. The lowest BCUT2D eigenvalue weighted by molar-refractivity contribution is 1.03. The Morgan fingerprint density at radius 2 is 0.759 bits per heavy atom. The zero-order valence-corrected chi connectivity index (χ0v) is 29.5. The third-order valence-electron chi connectivity index (χ3n) is 9.57. The van der Waals surface area contributed by atoms with Crippen molar-refractivity contribution in [2.24, 2.45) is 0 Å². The van der Waals surface area contributed by atoms with Crippen LogP contribution in [0.3, 0.4) is 0 Å². The molecule has 256 valence electrons. The molecule has 1 aliphatic rings. The molecule has 5 heteroatoms. The van der Waals surface area contributed by atoms with E-state index in [0.717, 1.165) is 85.7 Å². The van der Waals surface area contributed by atoms with Gasteiger partial charge in [0.25, 0.3) is 0 Å². The van der Waals surface area contributed by atoms with E-state index in [9.17, 15) is 0 Å². The van der Waals surface area contributed by atoms with E-state index in [1.54, 1.807) is 0 Å². The van der Waals surface area contributed by atoms with Gasteiger partial charge in [0.1, 0.15) is 0 Å². The summed E-state index contributed by atoms with van der Waals surface area (Å²) in [4.78, 5) is 26.0. The molecule has 0 aliphatic heterocycles. The zero-order chi connectivity index (χ0) is 36.1. The molecule has 1 aliphatic carbocycles. The Hall–Kier alpha value is -7.11. The van der Waals surface area contributed by atoms with E-state index in [4.69, 9.17) is 24.9 Å². The molecule has 2 aromatic heterocycles. The maximum absolute atomic E-state index is 5.55. The molecule has 0 saturated carbocycles. The summed E-state index contributed by atoms with van der Waals surface area (Å²) in [5, 5.41) is 0. The molecule has 0 N–H and O–H groups in total. The van der Waals surface area contributed by atoms with Crippen molar-refractivity contribution in [2.75, 3.05) is 0 Å². The van der Waals surface area contributed by atoms with Crippen LogP contribution in [-0.2, 0) is 0 Å². The number of benzene rings is 6. The first kappa shape index (κ1) is 32.8. The Kier molecular flexibility index (Phi) is 9.02. The van der Waals surface area contributed by atoms with E-state index >= 15 is 0 Å². The summed E-state index contributed by atoms with van der Waals surface area (Å²) in [7, 11) is 0. The third kappa shape index (κ3) is 6.67. The van der Waals surface area contributed by atoms with Crippen LogP contribution < -0.4 is 0 Å². The van der Waals surface area contributed by atoms with E-state index in [-0.39, 0.29) is 0 Å². The van der Waals surface area contributed by atoms with Crippen LogP contribution in [0.25, 0.3) is 84.6 Å². The highest BCUT2D eigenvalue weighted by atomic mass is 15.0. The fourth-order valence-corrected chi connectivity index (χ4v) is 6.91. The molecule has 0 atom stereocenters. The first-order valence-corrected chi connectivity index (χ1v) is 18.3. The van der Waals surface area contributed by atoms with Crippen LogP contribution in [0.1, 0.15) is 18.5 Å². The molecule has 2 heterocycles. The smallest absolute Gasteiger partial charge is 0.164 e. The maximum atomic E-state index is 5.55. The van der Waals surface area contributed by atoms with Crippen LogP contribution in [0.4, 0.5) is 0 Å². The largest absolute Gasteiger partial charge is 0.243 e. The fourth-order valence-electron chi connectivity index (χ4n) is 6.91. The van der Waals surface area contributed by atoms with Crippen molar-refractivity contribution in [3.8, 4) is 79.1 Å². The second kappa shape index (κ2) is 14.9. The van der Waals surface area contributed by atoms with Crippen molar-refractivity contribution < 1.29 is 0 Å². The molecule has 0 unspecified atom stereocenters. The van der Waals surface area contributed by atoms with Gasteiger partial charge in [-0.15, -0.1) is 0 Å². The predicted octanol–water partition coefficient (Wildman–Crippen LogP) is 12.1. The highest BCUT2D eigenvalue weighted by Crippen LogP contribution is 2.40. The van der Waals surface area contributed by atoms with Gasteiger partial charge >= 0.3 is 0 Å². The molecular formula is C49H35N5. The average molecular weight is 694 g/mol. The molecule has 0 bridgehead atoms. The Labute approximate surface area is 315 Å². The number of nitrogens with zero attached hydrogens (tertiary/aromatic N) is 5. The van der Waals surface area contributed by atoms with Crippen molar-refractivity contribution in [3.05, 3.63) is 194 Å². The summed E-state index contributed by atoms with van der Waals surface area (Å²) in [5.41, 5.74) is 12.4. The van der Waals surface area contributed by atoms with Crippen molar-refractivity contribution in [1.82, 2.24) is 24.9 Å². The number of aromatic nitrogens is 5. The van der Waals surface area contributed by atoms with Gasteiger partial charge in [-0.25, -0.2) is 24.9 Å². The van der Waals surface area contributed by atoms with Gasteiger partial charge in [0.15, 0.2) is 17.5 Å². The molecule has 8 aromatic rings. The summed E-state index contributed by atoms with van der Waals surface area (Å²) in [6, 6.07) is 57.8. The third-order valence-corrected chi connectivity index (χ3v) is 9.57. The minimum atomic E-state index is 0.610. The van der Waals surface area contributed by atoms with Gasteiger partial charge in [0.05, 0.1) is 22.8 Å². The SMILES string of the molecule is C1=CC(c2nc(-c3ccccc3)c(-c3ccccc3)nc2-c2ccccc2-c2cccc(-c3nc(-c4ccccc4)nc(-c4ccccc4)n3)c2)=CCC1. The molecule has 0 fully saturated rings. The number of hydrogen-bond donors (Lipinski definition) is 0. The summed E-state index contributed by atoms with van der Waals surface area (Å²) in [5.74, 6) is 1.87. The van der Waals surface area contributed by atoms with Crippen LogP contribution in [0.5, 0.6) is 0 Å². The van der Waals surface area contributed by atoms with Crippen LogP contribution >= 0.6 is 0 Å². The van der Waals surface area contributed by atoms with E-state index in [1.807, 2.05) is 72.8 Å². The molecule has 54 heavy (non-hydrogen) atoms. The lowest BCUT2D eigenvalue weighted by Crippen LogP contribution is -2.04. The normalized spacial score (nSPS) is 12.3. The van der Waals surface area contributed by atoms with Crippen LogP contribution in [0.2, 0.25) is 0 Å². The van der Waals surface area contributed by atoms with E-state index < -0.39 is 0 Å². The first-order chi connectivity index (χ1) is 26.8. The second-order valence-corrected chi connectivity index (χ2v) is 13.2. The Morgan fingerprint density at radius 1 is 0.315 bits per heavy atom. The van der Waals surface area contributed by atoms with Gasteiger partial charge in [-0.05, 0) is 35.6 Å². The molecule has 5 nitrogen and oxygen atoms in total. The van der Waals surface area contributed by atoms with Gasteiger partial charge in [-0.3, -0.25) is 0 Å². The average Bonchev–Trinajstić information content (AvgIpc) is 3.27. The number of hydrogen-bond acceptors (Lipinski definition) is 5. The van der Waals surface area contributed by atoms with Crippen LogP contribution in [0.15, 0.2) is 188 Å². The summed E-state index contributed by atoms with van der Waals surface area (Å²) >= 11 is 0. The van der Waals surface area contributed by atoms with Crippen LogP contribution in [0, 0.1) is 0 Å². The topological polar surface area (TPSA) is 64.5 Å². The minimum absolute atomic E-state index is 0.610. The Morgan fingerprint density at radius 3 is 1.30 bits per heavy atom. The molecule has 0 saturated heterocycles. The standard InChI is InChI=1S/C49H35N5/c1-6-19-34(20-7-1)43-44(35-21-8-2-9-22-35)51-46(45(50-43)36-23-10-3-11-24-36)42-32-17-16-31-41(42)39-29-18-30-40(33-39)49-53-47(37-25-12-4-13-26-37)52-48(54-49)38-27-14-5-15-28-38/h1-2,4-10,12-33H,3,11H2. The van der Waals surface area contributed by atoms with Gasteiger partial charge in [0, 0.05) is 33.4 Å². The van der Waals surface area contributed by atoms with E-state index in [1.165, 1.54) is 0 Å². The van der Waals surface area contributed by atoms with Crippen molar-refractivity contribution in [2.45, 2.75) is 12.8 Å². The molecule has 0 radical (unpaired) electrons. The maximum Gasteiger partial charge on any atom is 0.164 e. The van der Waals surface area contributed by atoms with Crippen LogP contribution in [-0.4, -0.2) is 24.9 Å². The first-order valence-electron chi connectivity index (χ1n) is 18.3.